The first-order valence-corrected chi connectivity index (χ1v) is 12.9. The minimum absolute atomic E-state index is 0.0711. The molecule has 2 heterocycles. The van der Waals surface area contributed by atoms with Gasteiger partial charge < -0.3 is 9.80 Å². The third-order valence-electron chi connectivity index (χ3n) is 6.41. The second kappa shape index (κ2) is 10.6. The molecule has 31 heavy (non-hydrogen) atoms. The van der Waals surface area contributed by atoms with Crippen molar-refractivity contribution in [2.24, 2.45) is 5.92 Å². The molecule has 2 aliphatic rings. The summed E-state index contributed by atoms with van der Waals surface area (Å²) in [6.07, 6.45) is 6.00. The maximum atomic E-state index is 13.2. The number of nitrogens with zero attached hydrogens (tertiary/aromatic N) is 3. The zero-order chi connectivity index (χ0) is 22.4. The van der Waals surface area contributed by atoms with Crippen LogP contribution in [0.5, 0.6) is 0 Å². The lowest BCUT2D eigenvalue weighted by Crippen LogP contribution is -2.44. The first-order chi connectivity index (χ1) is 14.9. The van der Waals surface area contributed by atoms with Gasteiger partial charge in [-0.1, -0.05) is 31.9 Å². The van der Waals surface area contributed by atoms with E-state index < -0.39 is 10.0 Å². The van der Waals surface area contributed by atoms with Crippen molar-refractivity contribution in [3.8, 4) is 0 Å². The Morgan fingerprint density at radius 1 is 1.03 bits per heavy atom. The van der Waals surface area contributed by atoms with Crippen LogP contribution in [0.1, 0.15) is 62.2 Å². The molecule has 0 spiro atoms. The number of hydrogen-bond acceptors (Lipinski definition) is 4. The topological polar surface area (TPSA) is 78.0 Å². The fourth-order valence-corrected chi connectivity index (χ4v) is 6.13. The number of unbranched alkanes of at least 4 members (excludes halogenated alkanes) is 1. The zero-order valence-electron chi connectivity index (χ0n) is 18.8. The molecule has 8 heteroatoms. The number of sulfonamides is 1. The molecule has 0 saturated carbocycles. The number of rotatable bonds is 7. The lowest BCUT2D eigenvalue weighted by molar-refractivity contribution is -0.135. The summed E-state index contributed by atoms with van der Waals surface area (Å²) in [6, 6.07) is 6.52. The number of benzene rings is 1. The molecule has 3 rings (SSSR count). The van der Waals surface area contributed by atoms with Gasteiger partial charge in [-0.2, -0.15) is 4.31 Å². The van der Waals surface area contributed by atoms with Crippen molar-refractivity contribution in [3.05, 3.63) is 29.8 Å². The normalized spacial score (nSPS) is 18.7. The van der Waals surface area contributed by atoms with Gasteiger partial charge in [-0.25, -0.2) is 8.42 Å². The fourth-order valence-electron chi connectivity index (χ4n) is 4.43. The average molecular weight is 450 g/mol. The van der Waals surface area contributed by atoms with Gasteiger partial charge in [0.25, 0.3) is 5.91 Å². The first-order valence-electron chi connectivity index (χ1n) is 11.5. The molecule has 2 amide bonds. The SMILES string of the molecule is CCCCN(C)C(=O)C1CCN(C(=O)c2ccccc2S(=O)(=O)N2CCCCC2)CC1. The highest BCUT2D eigenvalue weighted by atomic mass is 32.2. The van der Waals surface area contributed by atoms with Crippen molar-refractivity contribution < 1.29 is 18.0 Å². The first kappa shape index (κ1) is 23.7. The van der Waals surface area contributed by atoms with Gasteiger partial charge in [0.1, 0.15) is 0 Å². The lowest BCUT2D eigenvalue weighted by atomic mass is 9.94. The third-order valence-corrected chi connectivity index (χ3v) is 8.36. The minimum atomic E-state index is -3.70. The number of amides is 2. The van der Waals surface area contributed by atoms with Crippen LogP contribution in [0.4, 0.5) is 0 Å². The van der Waals surface area contributed by atoms with Crippen LogP contribution in [0.3, 0.4) is 0 Å². The van der Waals surface area contributed by atoms with Gasteiger partial charge in [0.2, 0.25) is 15.9 Å². The Kier molecular flexibility index (Phi) is 8.11. The van der Waals surface area contributed by atoms with Gasteiger partial charge >= 0.3 is 0 Å². The number of piperidine rings is 2. The van der Waals surface area contributed by atoms with Gasteiger partial charge in [-0.05, 0) is 44.2 Å². The molecule has 0 aromatic heterocycles. The van der Waals surface area contributed by atoms with E-state index >= 15 is 0 Å². The second-order valence-corrected chi connectivity index (χ2v) is 10.5. The van der Waals surface area contributed by atoms with Gasteiger partial charge in [0.05, 0.1) is 10.5 Å². The van der Waals surface area contributed by atoms with E-state index in [0.29, 0.717) is 39.0 Å². The predicted molar refractivity (Wildman–Crippen MR) is 120 cm³/mol. The molecule has 0 unspecified atom stereocenters. The standard InChI is InChI=1S/C23H35N3O4S/c1-3-4-14-24(2)22(27)19-12-17-25(18-13-19)23(28)20-10-6-7-11-21(20)31(29,30)26-15-8-5-9-16-26/h6-7,10-11,19H,3-5,8-9,12-18H2,1-2H3. The summed E-state index contributed by atoms with van der Waals surface area (Å²) in [5, 5.41) is 0. The monoisotopic (exact) mass is 449 g/mol. The highest BCUT2D eigenvalue weighted by molar-refractivity contribution is 7.89. The average Bonchev–Trinajstić information content (AvgIpc) is 2.82. The van der Waals surface area contributed by atoms with Crippen molar-refractivity contribution in [2.75, 3.05) is 39.8 Å². The van der Waals surface area contributed by atoms with Gasteiger partial charge in [0, 0.05) is 45.7 Å². The van der Waals surface area contributed by atoms with Gasteiger partial charge in [0.15, 0.2) is 0 Å². The molecule has 0 atom stereocenters. The summed E-state index contributed by atoms with van der Waals surface area (Å²) in [7, 11) is -1.85. The molecule has 172 valence electrons. The van der Waals surface area contributed by atoms with Gasteiger partial charge in [-0.3, -0.25) is 9.59 Å². The van der Waals surface area contributed by atoms with Crippen LogP contribution < -0.4 is 0 Å². The van der Waals surface area contributed by atoms with Gasteiger partial charge in [-0.15, -0.1) is 0 Å². The molecule has 2 fully saturated rings. The van der Waals surface area contributed by atoms with E-state index in [9.17, 15) is 18.0 Å². The number of likely N-dealkylation sites (tertiary alicyclic amines) is 1. The Morgan fingerprint density at radius 3 is 2.32 bits per heavy atom. The van der Waals surface area contributed by atoms with E-state index in [0.717, 1.165) is 38.6 Å². The number of hydrogen-bond donors (Lipinski definition) is 0. The van der Waals surface area contributed by atoms with E-state index in [1.54, 1.807) is 28.0 Å². The van der Waals surface area contributed by atoms with Crippen molar-refractivity contribution in [1.82, 2.24) is 14.1 Å². The Hall–Kier alpha value is -1.93. The predicted octanol–water partition coefficient (Wildman–Crippen LogP) is 2.97. The Bertz CT molecular complexity index is 873. The number of carbonyl (C=O) groups excluding carboxylic acids is 2. The van der Waals surface area contributed by atoms with Crippen LogP contribution in [0.15, 0.2) is 29.2 Å². The van der Waals surface area contributed by atoms with E-state index in [4.69, 9.17) is 0 Å². The molecule has 0 aliphatic carbocycles. The zero-order valence-corrected chi connectivity index (χ0v) is 19.6. The molecule has 1 aromatic carbocycles. The smallest absolute Gasteiger partial charge is 0.255 e. The summed E-state index contributed by atoms with van der Waals surface area (Å²) in [5.41, 5.74) is 0.234. The van der Waals surface area contributed by atoms with Crippen LogP contribution in [0, 0.1) is 5.92 Å². The Morgan fingerprint density at radius 2 is 1.68 bits per heavy atom. The van der Waals surface area contributed by atoms with E-state index in [-0.39, 0.29) is 28.2 Å². The van der Waals surface area contributed by atoms with E-state index in [1.807, 2.05) is 7.05 Å². The second-order valence-electron chi connectivity index (χ2n) is 8.64. The molecular weight excluding hydrogens is 414 g/mol. The van der Waals surface area contributed by atoms with E-state index in [2.05, 4.69) is 6.92 Å². The summed E-state index contributed by atoms with van der Waals surface area (Å²) >= 11 is 0. The Labute approximate surface area is 186 Å². The molecule has 7 nitrogen and oxygen atoms in total. The summed E-state index contributed by atoms with van der Waals surface area (Å²) in [5.74, 6) is -0.187. The van der Waals surface area contributed by atoms with Crippen LogP contribution in [-0.2, 0) is 14.8 Å². The molecule has 2 saturated heterocycles. The van der Waals surface area contributed by atoms with Crippen molar-refractivity contribution in [2.45, 2.75) is 56.8 Å². The maximum Gasteiger partial charge on any atom is 0.255 e. The highest BCUT2D eigenvalue weighted by Crippen LogP contribution is 2.27. The fraction of sp³-hybridized carbons (Fsp3) is 0.652. The van der Waals surface area contributed by atoms with Crippen molar-refractivity contribution in [1.29, 1.82) is 0 Å². The van der Waals surface area contributed by atoms with Crippen LogP contribution >= 0.6 is 0 Å². The largest absolute Gasteiger partial charge is 0.346 e. The summed E-state index contributed by atoms with van der Waals surface area (Å²) in [4.78, 5) is 29.5. The highest BCUT2D eigenvalue weighted by Gasteiger charge is 2.33. The van der Waals surface area contributed by atoms with E-state index in [1.165, 1.54) is 10.4 Å². The Balaban J connectivity index is 1.69. The van der Waals surface area contributed by atoms with Crippen LogP contribution in [0.2, 0.25) is 0 Å². The van der Waals surface area contributed by atoms with Crippen LogP contribution in [0.25, 0.3) is 0 Å². The third kappa shape index (κ3) is 5.47. The van der Waals surface area contributed by atoms with Crippen LogP contribution in [-0.4, -0.2) is 74.1 Å². The molecule has 2 aliphatic heterocycles. The molecular formula is C23H35N3O4S. The molecule has 1 aromatic rings. The summed E-state index contributed by atoms with van der Waals surface area (Å²) in [6.45, 7) is 4.81. The lowest BCUT2D eigenvalue weighted by Gasteiger charge is -2.34. The quantitative estimate of drug-likeness (QED) is 0.641. The number of carbonyl (C=O) groups is 2. The molecule has 0 bridgehead atoms. The van der Waals surface area contributed by atoms with Crippen molar-refractivity contribution >= 4 is 21.8 Å². The molecule has 0 radical (unpaired) electrons. The summed E-state index contributed by atoms with van der Waals surface area (Å²) < 4.78 is 27.9. The van der Waals surface area contributed by atoms with Crippen molar-refractivity contribution in [3.63, 3.8) is 0 Å². The molecule has 0 N–H and O–H groups in total. The minimum Gasteiger partial charge on any atom is -0.346 e. The maximum absolute atomic E-state index is 13.2.